The monoisotopic (exact) mass is 548 g/mol. The van der Waals surface area contributed by atoms with Crippen molar-refractivity contribution in [2.45, 2.75) is 46.7 Å². The summed E-state index contributed by atoms with van der Waals surface area (Å²) in [5.74, 6) is 0.760. The smallest absolute Gasteiger partial charge is 0.250 e. The van der Waals surface area contributed by atoms with Gasteiger partial charge in [-0.1, -0.05) is 24.3 Å². The van der Waals surface area contributed by atoms with Crippen molar-refractivity contribution in [1.29, 1.82) is 0 Å². The van der Waals surface area contributed by atoms with Crippen molar-refractivity contribution < 1.29 is 0 Å². The zero-order chi connectivity index (χ0) is 22.2. The second-order valence-corrected chi connectivity index (χ2v) is 7.68. The molecule has 8 heteroatoms. The van der Waals surface area contributed by atoms with Gasteiger partial charge in [0.1, 0.15) is 0 Å². The third-order valence-corrected chi connectivity index (χ3v) is 5.27. The van der Waals surface area contributed by atoms with E-state index in [1.165, 1.54) is 0 Å². The molecule has 7 nitrogen and oxygen atoms in total. The number of nitrogens with one attached hydrogen (secondary N) is 2. The highest BCUT2D eigenvalue weighted by Gasteiger charge is 2.09. The average molecular weight is 548 g/mol. The molecule has 3 rings (SSSR count). The van der Waals surface area contributed by atoms with Gasteiger partial charge in [0, 0.05) is 44.1 Å². The molecule has 0 saturated carbocycles. The van der Waals surface area contributed by atoms with E-state index < -0.39 is 0 Å². The lowest BCUT2D eigenvalue weighted by Crippen LogP contribution is -2.37. The molecular formula is C24H33IN6O. The van der Waals surface area contributed by atoms with Gasteiger partial charge >= 0.3 is 0 Å². The number of unbranched alkanes of at least 4 members (excludes halogenated alkanes) is 1. The minimum atomic E-state index is 0. The van der Waals surface area contributed by atoms with Crippen molar-refractivity contribution in [3.63, 3.8) is 0 Å². The summed E-state index contributed by atoms with van der Waals surface area (Å²) in [7, 11) is 1.77. The number of rotatable bonds is 8. The lowest BCUT2D eigenvalue weighted by atomic mass is 10.1. The fourth-order valence-electron chi connectivity index (χ4n) is 3.65. The van der Waals surface area contributed by atoms with Crippen molar-refractivity contribution in [2.24, 2.45) is 4.99 Å². The topological polar surface area (TPSA) is 76.2 Å². The molecule has 0 aliphatic rings. The van der Waals surface area contributed by atoms with Gasteiger partial charge in [0.05, 0.1) is 11.4 Å². The molecule has 1 aromatic carbocycles. The summed E-state index contributed by atoms with van der Waals surface area (Å²) in [4.78, 5) is 16.3. The first-order chi connectivity index (χ1) is 15.0. The summed E-state index contributed by atoms with van der Waals surface area (Å²) in [5, 5.41) is 11.4. The number of aromatic nitrogens is 3. The zero-order valence-electron chi connectivity index (χ0n) is 19.3. The third kappa shape index (κ3) is 6.69. The Morgan fingerprint density at radius 1 is 1.00 bits per heavy atom. The fourth-order valence-corrected chi connectivity index (χ4v) is 3.65. The van der Waals surface area contributed by atoms with Crippen LogP contribution in [0, 0.1) is 20.8 Å². The van der Waals surface area contributed by atoms with Gasteiger partial charge in [0.15, 0.2) is 5.96 Å². The number of para-hydroxylation sites is 1. The highest BCUT2D eigenvalue weighted by molar-refractivity contribution is 14.0. The SMILES string of the molecule is CN=C(NCCCCn1c(C)cccc1=O)NCc1ccccc1-n1nc(C)cc1C.I. The number of guanidine groups is 1. The lowest BCUT2D eigenvalue weighted by Gasteiger charge is -2.15. The minimum Gasteiger partial charge on any atom is -0.356 e. The minimum absolute atomic E-state index is 0. The molecule has 0 bridgehead atoms. The number of benzene rings is 1. The molecule has 2 aromatic heterocycles. The third-order valence-electron chi connectivity index (χ3n) is 5.27. The van der Waals surface area contributed by atoms with Gasteiger partial charge in [-0.25, -0.2) is 4.68 Å². The molecular weight excluding hydrogens is 515 g/mol. The van der Waals surface area contributed by atoms with E-state index in [9.17, 15) is 4.79 Å². The van der Waals surface area contributed by atoms with Crippen LogP contribution in [0.2, 0.25) is 0 Å². The van der Waals surface area contributed by atoms with E-state index in [0.29, 0.717) is 6.54 Å². The van der Waals surface area contributed by atoms with E-state index in [1.54, 1.807) is 19.2 Å². The molecule has 0 saturated heterocycles. The van der Waals surface area contributed by atoms with Crippen LogP contribution in [0.3, 0.4) is 0 Å². The maximum Gasteiger partial charge on any atom is 0.250 e. The van der Waals surface area contributed by atoms with Crippen LogP contribution in [0.4, 0.5) is 0 Å². The summed E-state index contributed by atoms with van der Waals surface area (Å²) in [6.45, 7) is 8.21. The highest BCUT2D eigenvalue weighted by Crippen LogP contribution is 2.16. The summed E-state index contributed by atoms with van der Waals surface area (Å²) in [6, 6.07) is 15.7. The van der Waals surface area contributed by atoms with Gasteiger partial charge in [-0.2, -0.15) is 5.10 Å². The largest absolute Gasteiger partial charge is 0.356 e. The molecule has 3 aromatic rings. The van der Waals surface area contributed by atoms with Crippen molar-refractivity contribution in [3.8, 4) is 5.69 Å². The quantitative estimate of drug-likeness (QED) is 0.195. The molecule has 32 heavy (non-hydrogen) atoms. The van der Waals surface area contributed by atoms with E-state index in [-0.39, 0.29) is 29.5 Å². The Bertz CT molecular complexity index is 1100. The van der Waals surface area contributed by atoms with Crippen molar-refractivity contribution in [1.82, 2.24) is 25.0 Å². The molecule has 0 amide bonds. The van der Waals surface area contributed by atoms with E-state index in [0.717, 1.165) is 60.2 Å². The maximum atomic E-state index is 11.9. The van der Waals surface area contributed by atoms with Crippen LogP contribution in [0.25, 0.3) is 5.69 Å². The first kappa shape index (κ1) is 25.6. The first-order valence-corrected chi connectivity index (χ1v) is 10.7. The van der Waals surface area contributed by atoms with Crippen LogP contribution in [0.15, 0.2) is 58.3 Å². The number of aliphatic imine (C=N–C) groups is 1. The van der Waals surface area contributed by atoms with Gasteiger partial charge in [-0.05, 0) is 57.4 Å². The molecule has 0 fully saturated rings. The van der Waals surface area contributed by atoms with Crippen molar-refractivity contribution in [2.75, 3.05) is 13.6 Å². The molecule has 0 aliphatic heterocycles. The predicted octanol–water partition coefficient (Wildman–Crippen LogP) is 3.72. The molecule has 2 heterocycles. The standard InChI is InChI=1S/C24H32N6O.HI/c1-18-16-20(3)30(28-18)22-12-6-5-11-21(22)17-27-24(25-4)26-14-7-8-15-29-19(2)10-9-13-23(29)31;/h5-6,9-13,16H,7-8,14-15,17H2,1-4H3,(H2,25,26,27);1H. The molecule has 0 unspecified atom stereocenters. The molecule has 0 aliphatic carbocycles. The van der Waals surface area contributed by atoms with Gasteiger partial charge < -0.3 is 15.2 Å². The lowest BCUT2D eigenvalue weighted by molar-refractivity contribution is 0.575. The number of halogens is 1. The van der Waals surface area contributed by atoms with Gasteiger partial charge in [0.25, 0.3) is 5.56 Å². The first-order valence-electron chi connectivity index (χ1n) is 10.7. The zero-order valence-corrected chi connectivity index (χ0v) is 21.6. The fraction of sp³-hybridized carbons (Fsp3) is 0.375. The Balaban J connectivity index is 0.00000363. The van der Waals surface area contributed by atoms with Gasteiger partial charge in [0.2, 0.25) is 0 Å². The predicted molar refractivity (Wildman–Crippen MR) is 141 cm³/mol. The molecule has 172 valence electrons. The van der Waals surface area contributed by atoms with E-state index in [4.69, 9.17) is 0 Å². The van der Waals surface area contributed by atoms with E-state index >= 15 is 0 Å². The Morgan fingerprint density at radius 3 is 2.47 bits per heavy atom. The Labute approximate surface area is 207 Å². The average Bonchev–Trinajstić information content (AvgIpc) is 3.09. The van der Waals surface area contributed by atoms with Gasteiger partial charge in [-0.15, -0.1) is 24.0 Å². The normalized spacial score (nSPS) is 11.2. The molecule has 0 spiro atoms. The molecule has 2 N–H and O–H groups in total. The van der Waals surface area contributed by atoms with Crippen molar-refractivity contribution in [3.05, 3.63) is 81.5 Å². The maximum absolute atomic E-state index is 11.9. The Kier molecular flexibility index (Phi) is 9.96. The number of hydrogen-bond donors (Lipinski definition) is 2. The summed E-state index contributed by atoms with van der Waals surface area (Å²) < 4.78 is 3.80. The van der Waals surface area contributed by atoms with Crippen LogP contribution in [-0.4, -0.2) is 33.9 Å². The molecule has 0 atom stereocenters. The van der Waals surface area contributed by atoms with Crippen molar-refractivity contribution >= 4 is 29.9 Å². The summed E-state index contributed by atoms with van der Waals surface area (Å²) in [6.07, 6.45) is 1.87. The van der Waals surface area contributed by atoms with Crippen LogP contribution >= 0.6 is 24.0 Å². The number of aryl methyl sites for hydroxylation is 3. The Hall–Kier alpha value is -2.62. The summed E-state index contributed by atoms with van der Waals surface area (Å²) >= 11 is 0. The number of pyridine rings is 1. The van der Waals surface area contributed by atoms with Gasteiger partial charge in [-0.3, -0.25) is 9.79 Å². The van der Waals surface area contributed by atoms with Crippen LogP contribution < -0.4 is 16.2 Å². The summed E-state index contributed by atoms with van der Waals surface area (Å²) in [5.41, 5.74) is 5.40. The Morgan fingerprint density at radius 2 is 1.78 bits per heavy atom. The van der Waals surface area contributed by atoms with E-state index in [1.807, 2.05) is 41.3 Å². The van der Waals surface area contributed by atoms with Crippen LogP contribution in [-0.2, 0) is 13.1 Å². The second kappa shape index (κ2) is 12.4. The highest BCUT2D eigenvalue weighted by atomic mass is 127. The van der Waals surface area contributed by atoms with E-state index in [2.05, 4.69) is 45.8 Å². The van der Waals surface area contributed by atoms with Crippen LogP contribution in [0.1, 0.15) is 35.5 Å². The number of nitrogens with zero attached hydrogens (tertiary/aromatic N) is 4. The molecule has 0 radical (unpaired) electrons. The van der Waals surface area contributed by atoms with Crippen LogP contribution in [0.5, 0.6) is 0 Å². The second-order valence-electron chi connectivity index (χ2n) is 7.68. The number of hydrogen-bond acceptors (Lipinski definition) is 3.